The Balaban J connectivity index is 1.42. The topological polar surface area (TPSA) is 115 Å². The van der Waals surface area contributed by atoms with Gasteiger partial charge >= 0.3 is 5.76 Å². The fourth-order valence-corrected chi connectivity index (χ4v) is 7.06. The molecule has 1 N–H and O–H groups in total. The minimum atomic E-state index is -0.666. The molecule has 2 unspecified atom stereocenters. The minimum Gasteiger partial charge on any atom is -0.381 e. The molecule has 0 spiro atoms. The van der Waals surface area contributed by atoms with Gasteiger partial charge in [0.05, 0.1) is 6.61 Å². The predicted octanol–water partition coefficient (Wildman–Crippen LogP) is 4.93. The molecule has 5 heterocycles. The van der Waals surface area contributed by atoms with E-state index >= 15 is 0 Å². The van der Waals surface area contributed by atoms with Gasteiger partial charge in [-0.25, -0.2) is 14.8 Å². The molecule has 2 atom stereocenters. The van der Waals surface area contributed by atoms with Crippen molar-refractivity contribution in [3.63, 3.8) is 0 Å². The maximum atomic E-state index is 11.8. The van der Waals surface area contributed by atoms with Gasteiger partial charge in [0.1, 0.15) is 11.2 Å². The molecule has 3 aromatic heterocycles. The van der Waals surface area contributed by atoms with Crippen LogP contribution in [0.1, 0.15) is 44.9 Å². The van der Waals surface area contributed by atoms with Crippen LogP contribution in [0.5, 0.6) is 0 Å². The Morgan fingerprint density at radius 1 is 1.12 bits per heavy atom. The SMILES string of the molecule is C#CC1CCC(Cn2c(N3CCCC4COCCC43)nc3nc(-c4noc(=O)[nH]4)nc(-c4cccc(Cl)c4)c32)CC1. The lowest BCUT2D eigenvalue weighted by atomic mass is 9.82. The van der Waals surface area contributed by atoms with Crippen LogP contribution in [0.2, 0.25) is 5.02 Å². The number of terminal acetylenes is 1. The molecule has 212 valence electrons. The van der Waals surface area contributed by atoms with Crippen LogP contribution < -0.4 is 10.7 Å². The quantitative estimate of drug-likeness (QED) is 0.334. The zero-order chi connectivity index (χ0) is 27.9. The number of aromatic amines is 1. The number of hydrogen-bond donors (Lipinski definition) is 1. The lowest BCUT2D eigenvalue weighted by Gasteiger charge is -2.44. The van der Waals surface area contributed by atoms with Crippen molar-refractivity contribution in [2.24, 2.45) is 17.8 Å². The highest BCUT2D eigenvalue weighted by Crippen LogP contribution is 2.39. The van der Waals surface area contributed by atoms with E-state index in [-0.39, 0.29) is 11.6 Å². The third kappa shape index (κ3) is 5.02. The highest BCUT2D eigenvalue weighted by Gasteiger charge is 2.37. The van der Waals surface area contributed by atoms with Crippen molar-refractivity contribution in [1.82, 2.24) is 29.7 Å². The Kier molecular flexibility index (Phi) is 7.01. The molecular formula is C30H32ClN7O3. The first-order chi connectivity index (χ1) is 20.1. The Morgan fingerprint density at radius 2 is 2.00 bits per heavy atom. The number of H-pyrrole nitrogens is 1. The Hall–Kier alpha value is -3.68. The van der Waals surface area contributed by atoms with Gasteiger partial charge in [-0.2, -0.15) is 4.98 Å². The van der Waals surface area contributed by atoms with Crippen molar-refractivity contribution in [3.05, 3.63) is 39.8 Å². The summed E-state index contributed by atoms with van der Waals surface area (Å²) in [4.78, 5) is 31.8. The molecule has 1 saturated carbocycles. The molecule has 0 bridgehead atoms. The van der Waals surface area contributed by atoms with E-state index in [9.17, 15) is 4.79 Å². The van der Waals surface area contributed by atoms with Crippen LogP contribution in [0.15, 0.2) is 33.6 Å². The molecule has 2 saturated heterocycles. The van der Waals surface area contributed by atoms with Crippen LogP contribution >= 0.6 is 11.6 Å². The van der Waals surface area contributed by atoms with E-state index in [1.54, 1.807) is 0 Å². The standard InChI is InChI=1S/C30H32ClN7O3/c1-2-18-8-10-19(11-9-18)16-38-25-24(20-5-3-7-22(31)15-20)32-27(28-35-30(39)41-36-28)33-26(25)34-29(38)37-13-4-6-21-17-40-14-12-23(21)37/h1,3,5,7,15,18-19,21,23H,4,6,8-14,16-17H2,(H,35,36,39). The van der Waals surface area contributed by atoms with Gasteiger partial charge in [0.15, 0.2) is 5.65 Å². The van der Waals surface area contributed by atoms with Crippen LogP contribution in [0, 0.1) is 30.1 Å². The van der Waals surface area contributed by atoms with Crippen molar-refractivity contribution < 1.29 is 9.26 Å². The van der Waals surface area contributed by atoms with Crippen molar-refractivity contribution in [2.45, 2.75) is 57.5 Å². The number of ether oxygens (including phenoxy) is 1. The molecule has 11 heteroatoms. The Morgan fingerprint density at radius 3 is 2.78 bits per heavy atom. The second kappa shape index (κ2) is 11.0. The smallest absolute Gasteiger partial charge is 0.381 e. The zero-order valence-corrected chi connectivity index (χ0v) is 23.5. The van der Waals surface area contributed by atoms with E-state index in [1.807, 2.05) is 24.3 Å². The van der Waals surface area contributed by atoms with Crippen LogP contribution in [-0.4, -0.2) is 55.5 Å². The number of nitrogens with zero attached hydrogens (tertiary/aromatic N) is 6. The molecule has 1 aliphatic carbocycles. The molecule has 2 aliphatic heterocycles. The van der Waals surface area contributed by atoms with Gasteiger partial charge in [0.2, 0.25) is 17.6 Å². The summed E-state index contributed by atoms with van der Waals surface area (Å²) in [6.07, 6.45) is 13.2. The maximum Gasteiger partial charge on any atom is 0.439 e. The molecule has 7 rings (SSSR count). The third-order valence-electron chi connectivity index (χ3n) is 8.92. The van der Waals surface area contributed by atoms with E-state index in [1.165, 1.54) is 0 Å². The van der Waals surface area contributed by atoms with E-state index in [0.717, 1.165) is 88.3 Å². The number of hydrogen-bond acceptors (Lipinski definition) is 8. The fourth-order valence-electron chi connectivity index (χ4n) is 6.87. The summed E-state index contributed by atoms with van der Waals surface area (Å²) < 4.78 is 13.0. The van der Waals surface area contributed by atoms with Crippen molar-refractivity contribution in [2.75, 3.05) is 24.7 Å². The first kappa shape index (κ1) is 26.2. The number of rotatable bonds is 5. The molecule has 0 amide bonds. The average Bonchev–Trinajstić information content (AvgIpc) is 3.60. The van der Waals surface area contributed by atoms with Gasteiger partial charge < -0.3 is 14.2 Å². The molecule has 0 radical (unpaired) electrons. The lowest BCUT2D eigenvalue weighted by molar-refractivity contribution is 0.0278. The monoisotopic (exact) mass is 573 g/mol. The summed E-state index contributed by atoms with van der Waals surface area (Å²) >= 11 is 6.46. The van der Waals surface area contributed by atoms with Gasteiger partial charge in [-0.1, -0.05) is 28.9 Å². The van der Waals surface area contributed by atoms with Crippen LogP contribution in [0.4, 0.5) is 5.95 Å². The highest BCUT2D eigenvalue weighted by molar-refractivity contribution is 6.30. The number of imidazole rings is 1. The third-order valence-corrected chi connectivity index (χ3v) is 9.16. The summed E-state index contributed by atoms with van der Waals surface area (Å²) in [5.41, 5.74) is 2.93. The predicted molar refractivity (Wildman–Crippen MR) is 155 cm³/mol. The zero-order valence-electron chi connectivity index (χ0n) is 22.8. The molecule has 10 nitrogen and oxygen atoms in total. The van der Waals surface area contributed by atoms with Gasteiger partial charge in [-0.15, -0.1) is 12.3 Å². The number of halogens is 1. The van der Waals surface area contributed by atoms with Crippen LogP contribution in [0.25, 0.3) is 34.1 Å². The highest BCUT2D eigenvalue weighted by atomic mass is 35.5. The number of piperidine rings is 1. The molecular weight excluding hydrogens is 542 g/mol. The summed E-state index contributed by atoms with van der Waals surface area (Å²) in [6, 6.07) is 7.98. The Bertz CT molecular complexity index is 1660. The molecule has 41 heavy (non-hydrogen) atoms. The first-order valence-corrected chi connectivity index (χ1v) is 14.9. The lowest BCUT2D eigenvalue weighted by Crippen LogP contribution is -2.50. The fraction of sp³-hybridized carbons (Fsp3) is 0.500. The summed E-state index contributed by atoms with van der Waals surface area (Å²) in [5.74, 6) is 4.90. The number of nitrogens with one attached hydrogen (secondary N) is 1. The summed E-state index contributed by atoms with van der Waals surface area (Å²) in [6.45, 7) is 3.27. The minimum absolute atomic E-state index is 0.159. The molecule has 3 aliphatic rings. The van der Waals surface area contributed by atoms with E-state index < -0.39 is 5.76 Å². The summed E-state index contributed by atoms with van der Waals surface area (Å²) in [5, 5.41) is 4.46. The van der Waals surface area contributed by atoms with Crippen molar-refractivity contribution in [3.8, 4) is 35.2 Å². The van der Waals surface area contributed by atoms with Gasteiger partial charge in [0.25, 0.3) is 0 Å². The normalized spacial score (nSPS) is 24.7. The van der Waals surface area contributed by atoms with E-state index in [2.05, 4.69) is 25.5 Å². The number of aromatic nitrogens is 6. The maximum absolute atomic E-state index is 11.8. The van der Waals surface area contributed by atoms with Crippen molar-refractivity contribution in [1.29, 1.82) is 0 Å². The number of anilines is 1. The first-order valence-electron chi connectivity index (χ1n) is 14.5. The molecule has 1 aromatic carbocycles. The van der Waals surface area contributed by atoms with E-state index in [0.29, 0.717) is 40.2 Å². The van der Waals surface area contributed by atoms with Gasteiger partial charge in [-0.3, -0.25) is 9.51 Å². The molecule has 4 aromatic rings. The molecule has 3 fully saturated rings. The second-order valence-electron chi connectivity index (χ2n) is 11.5. The average molecular weight is 574 g/mol. The summed E-state index contributed by atoms with van der Waals surface area (Å²) in [7, 11) is 0. The Labute approximate surface area is 242 Å². The number of benzene rings is 1. The van der Waals surface area contributed by atoms with E-state index in [4.69, 9.17) is 42.2 Å². The van der Waals surface area contributed by atoms with Crippen molar-refractivity contribution >= 4 is 28.7 Å². The second-order valence-corrected chi connectivity index (χ2v) is 11.9. The largest absolute Gasteiger partial charge is 0.439 e. The van der Waals surface area contributed by atoms with Gasteiger partial charge in [0, 0.05) is 48.2 Å². The number of fused-ring (bicyclic) bond motifs is 2. The van der Waals surface area contributed by atoms with Crippen LogP contribution in [-0.2, 0) is 11.3 Å². The van der Waals surface area contributed by atoms with Gasteiger partial charge in [-0.05, 0) is 63.0 Å². The van der Waals surface area contributed by atoms with Crippen LogP contribution in [0.3, 0.4) is 0 Å².